The SMILES string of the molecule is COc1cc(-c2nc3sc4c(c3c(=O)[nH]2)CCC(C(C)(C)C)C4)ccc1OC(C)C. The average Bonchev–Trinajstić information content (AvgIpc) is 3.05. The highest BCUT2D eigenvalue weighted by atomic mass is 32.1. The standard InChI is InChI=1S/C24H30N2O3S/c1-13(2)29-17-10-7-14(11-18(17)28-6)21-25-22(27)20-16-9-8-15(24(3,4)5)12-19(16)30-23(20)26-21/h7,10-11,13,15H,8-9,12H2,1-6H3,(H,25,26,27). The molecule has 1 unspecified atom stereocenters. The van der Waals surface area contributed by atoms with Gasteiger partial charge < -0.3 is 14.5 Å². The van der Waals surface area contributed by atoms with E-state index in [4.69, 9.17) is 14.5 Å². The molecular weight excluding hydrogens is 396 g/mol. The Morgan fingerprint density at radius 2 is 2.00 bits per heavy atom. The molecule has 0 bridgehead atoms. The number of thiophene rings is 1. The first-order chi connectivity index (χ1) is 14.2. The van der Waals surface area contributed by atoms with Crippen LogP contribution in [0.3, 0.4) is 0 Å². The van der Waals surface area contributed by atoms with Crippen LogP contribution in [-0.4, -0.2) is 23.2 Å². The second-order valence-electron chi connectivity index (χ2n) is 9.44. The van der Waals surface area contributed by atoms with Crippen molar-refractivity contribution in [1.82, 2.24) is 9.97 Å². The quantitative estimate of drug-likeness (QED) is 0.590. The molecule has 1 aliphatic rings. The van der Waals surface area contributed by atoms with Crippen molar-refractivity contribution >= 4 is 21.6 Å². The number of aromatic nitrogens is 2. The molecule has 4 rings (SSSR count). The number of H-pyrrole nitrogens is 1. The summed E-state index contributed by atoms with van der Waals surface area (Å²) in [4.78, 5) is 23.0. The molecule has 1 aromatic carbocycles. The molecule has 0 amide bonds. The zero-order valence-corrected chi connectivity index (χ0v) is 19.4. The summed E-state index contributed by atoms with van der Waals surface area (Å²) in [6, 6.07) is 5.64. The maximum atomic E-state index is 13.0. The molecule has 160 valence electrons. The van der Waals surface area contributed by atoms with Gasteiger partial charge in [0.2, 0.25) is 0 Å². The Morgan fingerprint density at radius 1 is 1.23 bits per heavy atom. The van der Waals surface area contributed by atoms with E-state index in [1.807, 2.05) is 32.0 Å². The van der Waals surface area contributed by atoms with Crippen LogP contribution in [-0.2, 0) is 12.8 Å². The molecule has 0 spiro atoms. The Hall–Kier alpha value is -2.34. The molecule has 0 radical (unpaired) electrons. The summed E-state index contributed by atoms with van der Waals surface area (Å²) in [5.74, 6) is 2.50. The van der Waals surface area contributed by atoms with Crippen LogP contribution in [0.1, 0.15) is 51.5 Å². The molecule has 6 heteroatoms. The van der Waals surface area contributed by atoms with Crippen LogP contribution in [0, 0.1) is 11.3 Å². The summed E-state index contributed by atoms with van der Waals surface area (Å²) in [6.45, 7) is 10.9. The normalized spacial score (nSPS) is 16.7. The van der Waals surface area contributed by atoms with E-state index < -0.39 is 0 Å². The van der Waals surface area contributed by atoms with Crippen LogP contribution in [0.25, 0.3) is 21.6 Å². The minimum Gasteiger partial charge on any atom is -0.493 e. The zero-order chi connectivity index (χ0) is 21.6. The van der Waals surface area contributed by atoms with Crippen LogP contribution in [0.5, 0.6) is 11.5 Å². The molecule has 3 aromatic rings. The fourth-order valence-electron chi connectivity index (χ4n) is 4.23. The average molecular weight is 427 g/mol. The van der Waals surface area contributed by atoms with Gasteiger partial charge in [-0.15, -0.1) is 11.3 Å². The van der Waals surface area contributed by atoms with E-state index in [2.05, 4.69) is 25.8 Å². The minimum absolute atomic E-state index is 0.0494. The van der Waals surface area contributed by atoms with Crippen molar-refractivity contribution in [3.8, 4) is 22.9 Å². The number of rotatable bonds is 4. The van der Waals surface area contributed by atoms with Gasteiger partial charge in [0.25, 0.3) is 5.56 Å². The Morgan fingerprint density at radius 3 is 2.67 bits per heavy atom. The highest BCUT2D eigenvalue weighted by Crippen LogP contribution is 2.42. The zero-order valence-electron chi connectivity index (χ0n) is 18.6. The van der Waals surface area contributed by atoms with Crippen molar-refractivity contribution in [3.63, 3.8) is 0 Å². The third-order valence-electron chi connectivity index (χ3n) is 5.94. The third-order valence-corrected chi connectivity index (χ3v) is 7.09. The largest absolute Gasteiger partial charge is 0.493 e. The molecule has 1 atom stereocenters. The van der Waals surface area contributed by atoms with Crippen molar-refractivity contribution < 1.29 is 9.47 Å². The molecular formula is C24H30N2O3S. The van der Waals surface area contributed by atoms with E-state index in [1.165, 1.54) is 10.4 Å². The van der Waals surface area contributed by atoms with Crippen molar-refractivity contribution in [2.45, 2.75) is 60.0 Å². The first-order valence-electron chi connectivity index (χ1n) is 10.6. The molecule has 2 heterocycles. The number of nitrogens with zero attached hydrogens (tertiary/aromatic N) is 1. The van der Waals surface area contributed by atoms with Gasteiger partial charge in [0.05, 0.1) is 18.6 Å². The van der Waals surface area contributed by atoms with Gasteiger partial charge in [0, 0.05) is 10.4 Å². The first-order valence-corrected chi connectivity index (χ1v) is 11.4. The second-order valence-corrected chi connectivity index (χ2v) is 10.5. The molecule has 30 heavy (non-hydrogen) atoms. The Kier molecular flexibility index (Phi) is 5.39. The summed E-state index contributed by atoms with van der Waals surface area (Å²) in [5.41, 5.74) is 2.23. The lowest BCUT2D eigenvalue weighted by molar-refractivity contribution is 0.218. The molecule has 1 aliphatic carbocycles. The van der Waals surface area contributed by atoms with E-state index in [0.717, 1.165) is 35.0 Å². The summed E-state index contributed by atoms with van der Waals surface area (Å²) in [5, 5.41) is 0.776. The van der Waals surface area contributed by atoms with Crippen LogP contribution < -0.4 is 15.0 Å². The number of nitrogens with one attached hydrogen (secondary N) is 1. The lowest BCUT2D eigenvalue weighted by Crippen LogP contribution is -2.26. The summed E-state index contributed by atoms with van der Waals surface area (Å²) in [7, 11) is 1.62. The molecule has 1 N–H and O–H groups in total. The van der Waals surface area contributed by atoms with E-state index in [9.17, 15) is 4.79 Å². The molecule has 0 fully saturated rings. The number of methoxy groups -OCH3 is 1. The summed E-state index contributed by atoms with van der Waals surface area (Å²) in [6.07, 6.45) is 3.16. The Balaban J connectivity index is 1.75. The van der Waals surface area contributed by atoms with Crippen molar-refractivity contribution in [3.05, 3.63) is 39.0 Å². The Labute approximate surface area is 181 Å². The molecule has 2 aromatic heterocycles. The van der Waals surface area contributed by atoms with Gasteiger partial charge in [-0.25, -0.2) is 4.98 Å². The molecule has 0 saturated heterocycles. The first kappa shape index (κ1) is 20.9. The van der Waals surface area contributed by atoms with E-state index in [0.29, 0.717) is 23.2 Å². The fraction of sp³-hybridized carbons (Fsp3) is 0.500. The second kappa shape index (κ2) is 7.73. The van der Waals surface area contributed by atoms with E-state index >= 15 is 0 Å². The smallest absolute Gasteiger partial charge is 0.260 e. The van der Waals surface area contributed by atoms with Crippen LogP contribution in [0.2, 0.25) is 0 Å². The fourth-order valence-corrected chi connectivity index (χ4v) is 5.53. The van der Waals surface area contributed by atoms with Crippen LogP contribution in [0.15, 0.2) is 23.0 Å². The lowest BCUT2D eigenvalue weighted by Gasteiger charge is -2.33. The van der Waals surface area contributed by atoms with Crippen LogP contribution >= 0.6 is 11.3 Å². The highest BCUT2D eigenvalue weighted by Gasteiger charge is 2.31. The highest BCUT2D eigenvalue weighted by molar-refractivity contribution is 7.18. The lowest BCUT2D eigenvalue weighted by atomic mass is 9.72. The van der Waals surface area contributed by atoms with Gasteiger partial charge in [-0.05, 0) is 68.2 Å². The van der Waals surface area contributed by atoms with Crippen molar-refractivity contribution in [2.24, 2.45) is 11.3 Å². The number of hydrogen-bond acceptors (Lipinski definition) is 5. The number of fused-ring (bicyclic) bond motifs is 3. The van der Waals surface area contributed by atoms with Gasteiger partial charge in [0.15, 0.2) is 11.5 Å². The number of benzene rings is 1. The van der Waals surface area contributed by atoms with Gasteiger partial charge in [0.1, 0.15) is 10.7 Å². The summed E-state index contributed by atoms with van der Waals surface area (Å²) >= 11 is 1.68. The van der Waals surface area contributed by atoms with Gasteiger partial charge in [-0.1, -0.05) is 20.8 Å². The number of ether oxygens (including phenoxy) is 2. The van der Waals surface area contributed by atoms with Crippen molar-refractivity contribution in [1.29, 1.82) is 0 Å². The maximum absolute atomic E-state index is 13.0. The molecule has 0 aliphatic heterocycles. The predicted octanol–water partition coefficient (Wildman–Crippen LogP) is 5.60. The van der Waals surface area contributed by atoms with E-state index in [-0.39, 0.29) is 17.1 Å². The van der Waals surface area contributed by atoms with Gasteiger partial charge in [-0.2, -0.15) is 0 Å². The maximum Gasteiger partial charge on any atom is 0.260 e. The van der Waals surface area contributed by atoms with Crippen LogP contribution in [0.4, 0.5) is 0 Å². The predicted molar refractivity (Wildman–Crippen MR) is 123 cm³/mol. The van der Waals surface area contributed by atoms with Crippen molar-refractivity contribution in [2.75, 3.05) is 7.11 Å². The number of aryl methyl sites for hydroxylation is 1. The van der Waals surface area contributed by atoms with E-state index in [1.54, 1.807) is 18.4 Å². The third kappa shape index (κ3) is 3.85. The topological polar surface area (TPSA) is 64.2 Å². The molecule has 5 nitrogen and oxygen atoms in total. The number of hydrogen-bond donors (Lipinski definition) is 1. The summed E-state index contributed by atoms with van der Waals surface area (Å²) < 4.78 is 11.3. The number of aromatic amines is 1. The minimum atomic E-state index is -0.0526. The van der Waals surface area contributed by atoms with Gasteiger partial charge >= 0.3 is 0 Å². The van der Waals surface area contributed by atoms with Gasteiger partial charge in [-0.3, -0.25) is 4.79 Å². The monoisotopic (exact) mass is 426 g/mol. The molecule has 0 saturated carbocycles. The Bertz CT molecular complexity index is 1140.